The topological polar surface area (TPSA) is 62.3 Å². The van der Waals surface area contributed by atoms with E-state index in [1.54, 1.807) is 11.3 Å². The third-order valence-electron chi connectivity index (χ3n) is 6.69. The minimum atomic E-state index is -0.118. The number of aromatic nitrogens is 1. The first-order chi connectivity index (χ1) is 15.8. The number of fused-ring (bicyclic) bond motifs is 1. The van der Waals surface area contributed by atoms with Gasteiger partial charge in [-0.3, -0.25) is 9.59 Å². The van der Waals surface area contributed by atoms with Crippen molar-refractivity contribution in [3.8, 4) is 10.4 Å². The first-order valence-corrected chi connectivity index (χ1v) is 12.8. The van der Waals surface area contributed by atoms with Gasteiger partial charge in [0, 0.05) is 17.6 Å². The lowest BCUT2D eigenvalue weighted by atomic mass is 10.1. The van der Waals surface area contributed by atoms with Gasteiger partial charge in [0.2, 0.25) is 0 Å². The molecule has 1 aliphatic heterocycles. The Morgan fingerprint density at radius 3 is 2.76 bits per heavy atom. The zero-order chi connectivity index (χ0) is 23.3. The van der Waals surface area contributed by atoms with Gasteiger partial charge < -0.3 is 10.2 Å². The standard InChI is InChI=1S/C26H26BrN3O2S/c1-14-6-4-8-17(10-14)24-23(29-16(3)33-24)26(32)30-13-18-11-20(18)21(30)12-28-25(31)19-9-5-7-15(2)22(19)27/h4-10,18,20-21H,11-13H2,1-3H3,(H,28,31)/t18-,20?,21-/m1/s1. The van der Waals surface area contributed by atoms with Crippen molar-refractivity contribution >= 4 is 39.1 Å². The second kappa shape index (κ2) is 8.69. The van der Waals surface area contributed by atoms with E-state index in [2.05, 4.69) is 45.3 Å². The van der Waals surface area contributed by atoms with Crippen molar-refractivity contribution in [1.82, 2.24) is 15.2 Å². The zero-order valence-corrected chi connectivity index (χ0v) is 21.3. The van der Waals surface area contributed by atoms with Gasteiger partial charge >= 0.3 is 0 Å². The third-order valence-corrected chi connectivity index (χ3v) is 8.76. The number of benzene rings is 2. The van der Waals surface area contributed by atoms with E-state index in [0.717, 1.165) is 44.0 Å². The number of hydrogen-bond donors (Lipinski definition) is 1. The molecule has 2 amide bonds. The van der Waals surface area contributed by atoms with Crippen molar-refractivity contribution in [2.45, 2.75) is 33.2 Å². The minimum Gasteiger partial charge on any atom is -0.350 e. The van der Waals surface area contributed by atoms with Crippen molar-refractivity contribution in [2.24, 2.45) is 11.8 Å². The largest absolute Gasteiger partial charge is 0.350 e. The zero-order valence-electron chi connectivity index (χ0n) is 18.9. The Labute approximate surface area is 206 Å². The number of carbonyl (C=O) groups excluding carboxylic acids is 2. The maximum absolute atomic E-state index is 13.7. The number of piperidine rings is 1. The van der Waals surface area contributed by atoms with E-state index in [-0.39, 0.29) is 17.9 Å². The Balaban J connectivity index is 1.36. The summed E-state index contributed by atoms with van der Waals surface area (Å²) in [4.78, 5) is 34.0. The maximum atomic E-state index is 13.7. The lowest BCUT2D eigenvalue weighted by molar-refractivity contribution is 0.0690. The lowest BCUT2D eigenvalue weighted by Crippen LogP contribution is -2.45. The SMILES string of the molecule is Cc1cccc(-c2sc(C)nc2C(=O)N2C[C@H]3CC3[C@H]2CNC(=O)c2cccc(C)c2Br)c1. The number of rotatable bonds is 5. The molecule has 0 radical (unpaired) electrons. The summed E-state index contributed by atoms with van der Waals surface area (Å²) in [6.45, 7) is 7.16. The number of nitrogens with one attached hydrogen (secondary N) is 1. The molecule has 1 aromatic heterocycles. The number of likely N-dealkylation sites (tertiary alicyclic amines) is 1. The van der Waals surface area contributed by atoms with Crippen molar-refractivity contribution in [1.29, 1.82) is 0 Å². The fraction of sp³-hybridized carbons (Fsp3) is 0.346. The fourth-order valence-electron chi connectivity index (χ4n) is 4.87. The van der Waals surface area contributed by atoms with Crippen LogP contribution < -0.4 is 5.32 Å². The van der Waals surface area contributed by atoms with Gasteiger partial charge in [0.15, 0.2) is 0 Å². The van der Waals surface area contributed by atoms with Gasteiger partial charge in [-0.15, -0.1) is 11.3 Å². The van der Waals surface area contributed by atoms with E-state index in [1.807, 2.05) is 49.1 Å². The van der Waals surface area contributed by atoms with E-state index in [9.17, 15) is 9.59 Å². The van der Waals surface area contributed by atoms with Gasteiger partial charge in [-0.05, 0) is 72.2 Å². The third kappa shape index (κ3) is 4.24. The molecule has 1 N–H and O–H groups in total. The number of carbonyl (C=O) groups is 2. The summed E-state index contributed by atoms with van der Waals surface area (Å²) in [5.74, 6) is 0.840. The minimum absolute atomic E-state index is 0.00222. The Morgan fingerprint density at radius 2 is 1.97 bits per heavy atom. The van der Waals surface area contributed by atoms with E-state index in [0.29, 0.717) is 29.6 Å². The Morgan fingerprint density at radius 1 is 1.18 bits per heavy atom. The summed E-state index contributed by atoms with van der Waals surface area (Å²) in [7, 11) is 0. The van der Waals surface area contributed by atoms with Gasteiger partial charge in [-0.1, -0.05) is 42.0 Å². The molecule has 2 aromatic carbocycles. The van der Waals surface area contributed by atoms with Crippen LogP contribution in [0.3, 0.4) is 0 Å². The Hall–Kier alpha value is -2.51. The summed E-state index contributed by atoms with van der Waals surface area (Å²) in [6.07, 6.45) is 1.12. The van der Waals surface area contributed by atoms with Crippen molar-refractivity contribution < 1.29 is 9.59 Å². The molecule has 33 heavy (non-hydrogen) atoms. The van der Waals surface area contributed by atoms with Gasteiger partial charge in [-0.2, -0.15) is 0 Å². The van der Waals surface area contributed by atoms with Crippen LogP contribution in [0.2, 0.25) is 0 Å². The van der Waals surface area contributed by atoms with Gasteiger partial charge in [0.25, 0.3) is 11.8 Å². The Kier molecular flexibility index (Phi) is 5.87. The average Bonchev–Trinajstić information content (AvgIpc) is 3.30. The van der Waals surface area contributed by atoms with Crippen LogP contribution in [0, 0.1) is 32.6 Å². The van der Waals surface area contributed by atoms with Crippen LogP contribution in [0.1, 0.15) is 43.4 Å². The first kappa shape index (κ1) is 22.3. The highest BCUT2D eigenvalue weighted by Crippen LogP contribution is 2.50. The number of amides is 2. The molecule has 1 saturated heterocycles. The molecule has 1 unspecified atom stereocenters. The van der Waals surface area contributed by atoms with E-state index in [1.165, 1.54) is 0 Å². The summed E-state index contributed by atoms with van der Waals surface area (Å²) in [6, 6.07) is 13.9. The van der Waals surface area contributed by atoms with Crippen LogP contribution in [-0.2, 0) is 0 Å². The second-order valence-electron chi connectivity index (χ2n) is 9.11. The molecule has 2 heterocycles. The molecule has 5 nitrogen and oxygen atoms in total. The molecular formula is C26H26BrN3O2S. The number of hydrogen-bond acceptors (Lipinski definition) is 4. The van der Waals surface area contributed by atoms with Gasteiger partial charge in [0.05, 0.1) is 21.5 Å². The monoisotopic (exact) mass is 523 g/mol. The van der Waals surface area contributed by atoms with Crippen molar-refractivity contribution in [2.75, 3.05) is 13.1 Å². The predicted octanol–water partition coefficient (Wildman–Crippen LogP) is 5.39. The molecule has 5 rings (SSSR count). The van der Waals surface area contributed by atoms with E-state index >= 15 is 0 Å². The van der Waals surface area contributed by atoms with Gasteiger partial charge in [-0.25, -0.2) is 4.98 Å². The molecular weight excluding hydrogens is 498 g/mol. The number of nitrogens with zero attached hydrogens (tertiary/aromatic N) is 2. The fourth-order valence-corrected chi connectivity index (χ4v) is 6.22. The van der Waals surface area contributed by atoms with Crippen molar-refractivity contribution in [3.63, 3.8) is 0 Å². The molecule has 0 spiro atoms. The highest BCUT2D eigenvalue weighted by molar-refractivity contribution is 9.10. The second-order valence-corrected chi connectivity index (χ2v) is 11.1. The first-order valence-electron chi connectivity index (χ1n) is 11.2. The van der Waals surface area contributed by atoms with Crippen LogP contribution in [0.25, 0.3) is 10.4 Å². The number of halogens is 1. The molecule has 1 saturated carbocycles. The predicted molar refractivity (Wildman–Crippen MR) is 135 cm³/mol. The van der Waals surface area contributed by atoms with Gasteiger partial charge in [0.1, 0.15) is 5.69 Å². The summed E-state index contributed by atoms with van der Waals surface area (Å²) < 4.78 is 0.812. The van der Waals surface area contributed by atoms with Crippen LogP contribution in [0.5, 0.6) is 0 Å². The molecule has 170 valence electrons. The summed E-state index contributed by atoms with van der Waals surface area (Å²) in [5.41, 5.74) is 4.35. The van der Waals surface area contributed by atoms with E-state index in [4.69, 9.17) is 0 Å². The van der Waals surface area contributed by atoms with Crippen molar-refractivity contribution in [3.05, 3.63) is 74.3 Å². The molecule has 1 aliphatic carbocycles. The molecule has 3 aromatic rings. The van der Waals surface area contributed by atoms with Crippen LogP contribution in [0.4, 0.5) is 0 Å². The Bertz CT molecular complexity index is 1250. The lowest BCUT2D eigenvalue weighted by Gasteiger charge is -2.27. The molecule has 2 aliphatic rings. The highest BCUT2D eigenvalue weighted by atomic mass is 79.9. The van der Waals surface area contributed by atoms with Crippen LogP contribution in [-0.4, -0.2) is 40.8 Å². The molecule has 3 atom stereocenters. The maximum Gasteiger partial charge on any atom is 0.274 e. The van der Waals surface area contributed by atoms with Crippen LogP contribution in [0.15, 0.2) is 46.9 Å². The number of aryl methyl sites for hydroxylation is 3. The normalized spacial score (nSPS) is 21.1. The average molecular weight is 524 g/mol. The quantitative estimate of drug-likeness (QED) is 0.487. The molecule has 0 bridgehead atoms. The van der Waals surface area contributed by atoms with Crippen LogP contribution >= 0.6 is 27.3 Å². The smallest absolute Gasteiger partial charge is 0.274 e. The summed E-state index contributed by atoms with van der Waals surface area (Å²) >= 11 is 5.09. The summed E-state index contributed by atoms with van der Waals surface area (Å²) in [5, 5.41) is 3.96. The molecule has 7 heteroatoms. The molecule has 2 fully saturated rings. The van der Waals surface area contributed by atoms with E-state index < -0.39 is 0 Å². The number of thiazole rings is 1. The highest BCUT2D eigenvalue weighted by Gasteiger charge is 2.54.